The van der Waals surface area contributed by atoms with Crippen LogP contribution in [0.3, 0.4) is 0 Å². The summed E-state index contributed by atoms with van der Waals surface area (Å²) in [5, 5.41) is 9.14. The first-order valence-electron chi connectivity index (χ1n) is 6.22. The predicted octanol–water partition coefficient (Wildman–Crippen LogP) is 2.16. The summed E-state index contributed by atoms with van der Waals surface area (Å²) in [5.41, 5.74) is 2.59. The zero-order valence-electron chi connectivity index (χ0n) is 10.4. The van der Waals surface area contributed by atoms with Gasteiger partial charge < -0.3 is 5.11 Å². The van der Waals surface area contributed by atoms with E-state index < -0.39 is 5.97 Å². The number of aromatic carboxylic acids is 1. The van der Waals surface area contributed by atoms with Crippen molar-refractivity contribution in [2.24, 2.45) is 0 Å². The van der Waals surface area contributed by atoms with Gasteiger partial charge in [0.25, 0.3) is 0 Å². The molecule has 0 saturated carbocycles. The van der Waals surface area contributed by atoms with Crippen molar-refractivity contribution < 1.29 is 9.90 Å². The van der Waals surface area contributed by atoms with E-state index >= 15 is 0 Å². The van der Waals surface area contributed by atoms with Gasteiger partial charge >= 0.3 is 5.97 Å². The van der Waals surface area contributed by atoms with Gasteiger partial charge in [0.1, 0.15) is 0 Å². The number of unbranched alkanes of at least 4 members (excludes halogenated alkanes) is 1. The van der Waals surface area contributed by atoms with Crippen molar-refractivity contribution in [1.29, 1.82) is 0 Å². The predicted molar refractivity (Wildman–Crippen MR) is 70.4 cm³/mol. The lowest BCUT2D eigenvalue weighted by Gasteiger charge is -2.29. The van der Waals surface area contributed by atoms with Crippen LogP contribution >= 0.6 is 0 Å². The summed E-state index contributed by atoms with van der Waals surface area (Å²) in [6, 6.07) is 5.54. The van der Waals surface area contributed by atoms with E-state index in [1.165, 1.54) is 0 Å². The maximum atomic E-state index is 11.1. The standard InChI is InChI=1S/C15H17NO2/c1-2-3-4-9-16-10-8-13-12(11-16)6-5-7-14(13)15(17)18/h1,5-7H,3-4,8-11H2,(H,17,18). The van der Waals surface area contributed by atoms with Gasteiger partial charge in [-0.15, -0.1) is 12.3 Å². The minimum absolute atomic E-state index is 0.454. The fourth-order valence-electron chi connectivity index (χ4n) is 2.46. The molecule has 94 valence electrons. The fraction of sp³-hybridized carbons (Fsp3) is 0.400. The van der Waals surface area contributed by atoms with Crippen molar-refractivity contribution in [3.8, 4) is 12.3 Å². The van der Waals surface area contributed by atoms with E-state index in [9.17, 15) is 4.79 Å². The fourth-order valence-corrected chi connectivity index (χ4v) is 2.46. The average Bonchev–Trinajstić information content (AvgIpc) is 2.38. The Bertz CT molecular complexity index is 488. The molecule has 1 heterocycles. The number of fused-ring (bicyclic) bond motifs is 1. The molecule has 3 nitrogen and oxygen atoms in total. The largest absolute Gasteiger partial charge is 0.478 e. The third-order valence-electron chi connectivity index (χ3n) is 3.37. The van der Waals surface area contributed by atoms with Gasteiger partial charge in [0.05, 0.1) is 5.56 Å². The number of terminal acetylenes is 1. The van der Waals surface area contributed by atoms with Crippen LogP contribution in [-0.4, -0.2) is 29.1 Å². The Balaban J connectivity index is 2.09. The molecule has 1 aromatic carbocycles. The first-order valence-corrected chi connectivity index (χ1v) is 6.22. The molecule has 0 bridgehead atoms. The third kappa shape index (κ3) is 2.72. The Kier molecular flexibility index (Phi) is 4.01. The van der Waals surface area contributed by atoms with Crippen LogP contribution in [0.5, 0.6) is 0 Å². The van der Waals surface area contributed by atoms with Crippen LogP contribution in [0.1, 0.15) is 34.3 Å². The Morgan fingerprint density at radius 1 is 1.50 bits per heavy atom. The maximum Gasteiger partial charge on any atom is 0.335 e. The monoisotopic (exact) mass is 243 g/mol. The van der Waals surface area contributed by atoms with E-state index in [0.29, 0.717) is 5.56 Å². The molecule has 0 saturated heterocycles. The topological polar surface area (TPSA) is 40.5 Å². The summed E-state index contributed by atoms with van der Waals surface area (Å²) in [7, 11) is 0. The molecule has 2 rings (SSSR count). The zero-order chi connectivity index (χ0) is 13.0. The molecule has 0 spiro atoms. The highest BCUT2D eigenvalue weighted by Gasteiger charge is 2.20. The molecule has 0 unspecified atom stereocenters. The first-order chi connectivity index (χ1) is 8.72. The molecule has 18 heavy (non-hydrogen) atoms. The summed E-state index contributed by atoms with van der Waals surface area (Å²) >= 11 is 0. The van der Waals surface area contributed by atoms with Crippen LogP contribution in [0.25, 0.3) is 0 Å². The molecule has 0 amide bonds. The summed E-state index contributed by atoms with van der Waals surface area (Å²) < 4.78 is 0. The van der Waals surface area contributed by atoms with Crippen LogP contribution in [0.15, 0.2) is 18.2 Å². The molecule has 1 aromatic rings. The third-order valence-corrected chi connectivity index (χ3v) is 3.37. The number of carboxylic acid groups (broad SMARTS) is 1. The van der Waals surface area contributed by atoms with Crippen molar-refractivity contribution >= 4 is 5.97 Å². The van der Waals surface area contributed by atoms with Crippen molar-refractivity contribution in [3.63, 3.8) is 0 Å². The number of rotatable bonds is 4. The first kappa shape index (κ1) is 12.7. The van der Waals surface area contributed by atoms with Crippen LogP contribution in [0.2, 0.25) is 0 Å². The van der Waals surface area contributed by atoms with Gasteiger partial charge in [-0.25, -0.2) is 4.79 Å². The molecule has 0 aliphatic carbocycles. The lowest BCUT2D eigenvalue weighted by molar-refractivity contribution is 0.0694. The van der Waals surface area contributed by atoms with E-state index in [-0.39, 0.29) is 0 Å². The number of nitrogens with zero attached hydrogens (tertiary/aromatic N) is 1. The highest BCUT2D eigenvalue weighted by molar-refractivity contribution is 5.89. The number of benzene rings is 1. The van der Waals surface area contributed by atoms with Gasteiger partial charge in [0.2, 0.25) is 0 Å². The lowest BCUT2D eigenvalue weighted by Crippen LogP contribution is -2.32. The minimum atomic E-state index is -0.826. The quantitative estimate of drug-likeness (QED) is 0.650. The van der Waals surface area contributed by atoms with E-state index in [1.54, 1.807) is 6.07 Å². The molecule has 0 atom stereocenters. The van der Waals surface area contributed by atoms with Crippen molar-refractivity contribution in [2.45, 2.75) is 25.8 Å². The lowest BCUT2D eigenvalue weighted by atomic mass is 9.94. The molecule has 3 heteroatoms. The molecule has 0 radical (unpaired) electrons. The Morgan fingerprint density at radius 2 is 2.33 bits per heavy atom. The SMILES string of the molecule is C#CCCCN1CCc2c(cccc2C(=O)O)C1. The number of hydrogen-bond donors (Lipinski definition) is 1. The second kappa shape index (κ2) is 5.70. The van der Waals surface area contributed by atoms with Crippen molar-refractivity contribution in [3.05, 3.63) is 34.9 Å². The van der Waals surface area contributed by atoms with Gasteiger partial charge in [-0.1, -0.05) is 12.1 Å². The Morgan fingerprint density at radius 3 is 3.06 bits per heavy atom. The molecule has 1 aliphatic heterocycles. The molecular formula is C15H17NO2. The maximum absolute atomic E-state index is 11.1. The van der Waals surface area contributed by atoms with Gasteiger partial charge in [0, 0.05) is 19.5 Å². The summed E-state index contributed by atoms with van der Waals surface area (Å²) in [6.45, 7) is 2.74. The van der Waals surface area contributed by atoms with Crippen LogP contribution in [0, 0.1) is 12.3 Å². The van der Waals surface area contributed by atoms with E-state index in [2.05, 4.69) is 10.8 Å². The molecule has 1 N–H and O–H groups in total. The molecule has 1 aliphatic rings. The van der Waals surface area contributed by atoms with Crippen molar-refractivity contribution in [1.82, 2.24) is 4.90 Å². The normalized spacial score (nSPS) is 14.8. The second-order valence-corrected chi connectivity index (χ2v) is 4.58. The van der Waals surface area contributed by atoms with Crippen LogP contribution in [0.4, 0.5) is 0 Å². The minimum Gasteiger partial charge on any atom is -0.478 e. The summed E-state index contributed by atoms with van der Waals surface area (Å²) in [5.74, 6) is 1.82. The van der Waals surface area contributed by atoms with E-state index in [4.69, 9.17) is 11.5 Å². The van der Waals surface area contributed by atoms with E-state index in [1.807, 2.05) is 12.1 Å². The van der Waals surface area contributed by atoms with Crippen molar-refractivity contribution in [2.75, 3.05) is 13.1 Å². The second-order valence-electron chi connectivity index (χ2n) is 4.58. The highest BCUT2D eigenvalue weighted by Crippen LogP contribution is 2.22. The van der Waals surface area contributed by atoms with Gasteiger partial charge in [-0.05, 0) is 36.6 Å². The average molecular weight is 243 g/mol. The van der Waals surface area contributed by atoms with E-state index in [0.717, 1.165) is 50.0 Å². The highest BCUT2D eigenvalue weighted by atomic mass is 16.4. The smallest absolute Gasteiger partial charge is 0.335 e. The Labute approximate surface area is 107 Å². The Hall–Kier alpha value is -1.79. The van der Waals surface area contributed by atoms with Crippen LogP contribution in [-0.2, 0) is 13.0 Å². The van der Waals surface area contributed by atoms with Gasteiger partial charge in [-0.3, -0.25) is 4.90 Å². The molecule has 0 aromatic heterocycles. The molecular weight excluding hydrogens is 226 g/mol. The summed E-state index contributed by atoms with van der Waals surface area (Å²) in [6.07, 6.45) is 7.86. The van der Waals surface area contributed by atoms with Gasteiger partial charge in [0.15, 0.2) is 0 Å². The summed E-state index contributed by atoms with van der Waals surface area (Å²) in [4.78, 5) is 13.5. The number of carbonyl (C=O) groups is 1. The number of hydrogen-bond acceptors (Lipinski definition) is 2. The molecule has 0 fully saturated rings. The van der Waals surface area contributed by atoms with Crippen LogP contribution < -0.4 is 0 Å². The number of carboxylic acids is 1. The zero-order valence-corrected chi connectivity index (χ0v) is 10.4. The van der Waals surface area contributed by atoms with Gasteiger partial charge in [-0.2, -0.15) is 0 Å².